The molecule has 0 amide bonds. The van der Waals surface area contributed by atoms with Gasteiger partial charge in [0.1, 0.15) is 0 Å². The normalized spacial score (nSPS) is 19.5. The second kappa shape index (κ2) is 3.10. The molecule has 1 fully saturated rings. The zero-order chi connectivity index (χ0) is 9.41. The molecule has 0 bridgehead atoms. The van der Waals surface area contributed by atoms with Crippen molar-refractivity contribution in [2.45, 2.75) is 12.8 Å². The maximum Gasteiger partial charge on any atom is 0.340 e. The molecule has 1 aliphatic rings. The molecular formula is C5H11O5PS. The molecule has 1 saturated carbocycles. The fourth-order valence-electron chi connectivity index (χ4n) is 0.953. The van der Waals surface area contributed by atoms with E-state index in [0.717, 1.165) is 12.8 Å². The van der Waals surface area contributed by atoms with Gasteiger partial charge in [0, 0.05) is 0 Å². The van der Waals surface area contributed by atoms with Crippen LogP contribution >= 0.6 is 7.60 Å². The lowest BCUT2D eigenvalue weighted by molar-refractivity contribution is 0.378. The van der Waals surface area contributed by atoms with Crippen LogP contribution in [0.4, 0.5) is 0 Å². The van der Waals surface area contributed by atoms with Gasteiger partial charge in [-0.3, -0.25) is 4.57 Å². The highest BCUT2D eigenvalue weighted by Crippen LogP contribution is 2.38. The molecule has 0 aliphatic heterocycles. The lowest BCUT2D eigenvalue weighted by Gasteiger charge is -2.03. The molecule has 0 spiro atoms. The van der Waals surface area contributed by atoms with E-state index in [1.807, 2.05) is 0 Å². The molecule has 0 aromatic carbocycles. The quantitative estimate of drug-likeness (QED) is 0.640. The van der Waals surface area contributed by atoms with Crippen LogP contribution in [0.2, 0.25) is 0 Å². The Morgan fingerprint density at radius 2 is 1.83 bits per heavy atom. The van der Waals surface area contributed by atoms with Crippen LogP contribution in [0, 0.1) is 5.92 Å². The molecule has 72 valence electrons. The van der Waals surface area contributed by atoms with Crippen LogP contribution in [0.25, 0.3) is 0 Å². The van der Waals surface area contributed by atoms with Gasteiger partial charge in [0.2, 0.25) is 0 Å². The van der Waals surface area contributed by atoms with Crippen LogP contribution in [-0.2, 0) is 14.4 Å². The van der Waals surface area contributed by atoms with Gasteiger partial charge in [0.15, 0.2) is 15.3 Å². The zero-order valence-corrected chi connectivity index (χ0v) is 8.09. The van der Waals surface area contributed by atoms with E-state index in [1.54, 1.807) is 0 Å². The highest BCUT2D eigenvalue weighted by Gasteiger charge is 2.32. The number of rotatable bonds is 4. The van der Waals surface area contributed by atoms with Crippen molar-refractivity contribution in [2.24, 2.45) is 5.92 Å². The van der Waals surface area contributed by atoms with Crippen LogP contribution < -0.4 is 0 Å². The van der Waals surface area contributed by atoms with E-state index < -0.39 is 22.9 Å². The van der Waals surface area contributed by atoms with E-state index in [-0.39, 0.29) is 11.7 Å². The summed E-state index contributed by atoms with van der Waals surface area (Å²) >= 11 is 0. The molecule has 12 heavy (non-hydrogen) atoms. The van der Waals surface area contributed by atoms with Crippen molar-refractivity contribution >= 4 is 17.4 Å². The standard InChI is InChI=1S/C5H11O5PS/c6-11(7,8)4-12(9,10)3-5-1-2-5/h5H,1-4H2,(H2,6,7,8). The zero-order valence-electron chi connectivity index (χ0n) is 6.38. The third kappa shape index (κ3) is 4.21. The minimum Gasteiger partial charge on any atom is -0.324 e. The smallest absolute Gasteiger partial charge is 0.324 e. The fourth-order valence-corrected chi connectivity index (χ4v) is 4.48. The summed E-state index contributed by atoms with van der Waals surface area (Å²) in [7, 11) is -7.94. The summed E-state index contributed by atoms with van der Waals surface area (Å²) in [5.74, 6) is 0.0690. The summed E-state index contributed by atoms with van der Waals surface area (Å²) in [4.78, 5) is 16.8. The number of hydrogen-bond donors (Lipinski definition) is 2. The molecule has 0 radical (unpaired) electrons. The van der Waals surface area contributed by atoms with Gasteiger partial charge < -0.3 is 9.79 Å². The van der Waals surface area contributed by atoms with Crippen molar-refractivity contribution in [3.63, 3.8) is 0 Å². The molecule has 0 heterocycles. The fraction of sp³-hybridized carbons (Fsp3) is 1.00. The average molecular weight is 214 g/mol. The molecule has 0 saturated heterocycles. The van der Waals surface area contributed by atoms with E-state index in [4.69, 9.17) is 9.79 Å². The van der Waals surface area contributed by atoms with E-state index >= 15 is 0 Å². The predicted molar refractivity (Wildman–Crippen MR) is 43.4 cm³/mol. The van der Waals surface area contributed by atoms with Gasteiger partial charge in [-0.05, 0) is 18.8 Å². The Balaban J connectivity index is 2.53. The molecule has 1 rings (SSSR count). The van der Waals surface area contributed by atoms with Gasteiger partial charge >= 0.3 is 7.60 Å². The first kappa shape index (κ1) is 10.2. The Morgan fingerprint density at radius 1 is 1.33 bits per heavy atom. The lowest BCUT2D eigenvalue weighted by atomic mass is 10.5. The van der Waals surface area contributed by atoms with Crippen molar-refractivity contribution in [1.29, 1.82) is 0 Å². The molecule has 0 aromatic rings. The van der Waals surface area contributed by atoms with Crippen molar-refractivity contribution < 1.29 is 22.8 Å². The first-order valence-corrected chi connectivity index (χ1v) is 7.15. The van der Waals surface area contributed by atoms with Crippen LogP contribution in [0.1, 0.15) is 12.8 Å². The predicted octanol–water partition coefficient (Wildman–Crippen LogP) is -0.0536. The van der Waals surface area contributed by atoms with Gasteiger partial charge in [-0.2, -0.15) is 0 Å². The summed E-state index contributed by atoms with van der Waals surface area (Å²) in [6.07, 6.45) is 1.72. The Labute approximate surface area is 70.9 Å². The number of hydrogen-bond acceptors (Lipinski definition) is 3. The maximum atomic E-state index is 11.0. The summed E-state index contributed by atoms with van der Waals surface area (Å²) < 4.78 is 32.4. The van der Waals surface area contributed by atoms with Gasteiger partial charge in [0.05, 0.1) is 5.75 Å². The highest BCUT2D eigenvalue weighted by molar-refractivity contribution is 7.97. The Hall–Kier alpha value is 0.1000. The second-order valence-corrected chi connectivity index (χ2v) is 7.33. The largest absolute Gasteiger partial charge is 0.340 e. The van der Waals surface area contributed by atoms with Gasteiger partial charge in [0.25, 0.3) is 0 Å². The Morgan fingerprint density at radius 3 is 2.17 bits per heavy atom. The maximum absolute atomic E-state index is 11.0. The Bertz CT molecular complexity index is 298. The van der Waals surface area contributed by atoms with E-state index in [2.05, 4.69) is 0 Å². The SMILES string of the molecule is O=P(O)(O)CS(=O)(=O)CC1CC1. The summed E-state index contributed by atoms with van der Waals surface area (Å²) in [5.41, 5.74) is -1.00. The van der Waals surface area contributed by atoms with E-state index in [9.17, 15) is 13.0 Å². The van der Waals surface area contributed by atoms with Gasteiger partial charge in [-0.15, -0.1) is 0 Å². The summed E-state index contributed by atoms with van der Waals surface area (Å²) in [6, 6.07) is 0. The van der Waals surface area contributed by atoms with Crippen LogP contribution in [0.3, 0.4) is 0 Å². The highest BCUT2D eigenvalue weighted by atomic mass is 32.2. The molecule has 7 heteroatoms. The minimum atomic E-state index is -4.40. The molecule has 2 N–H and O–H groups in total. The lowest BCUT2D eigenvalue weighted by Crippen LogP contribution is -2.12. The molecule has 0 atom stereocenters. The minimum absolute atomic E-state index is 0.0713. The molecule has 0 unspecified atom stereocenters. The van der Waals surface area contributed by atoms with Crippen molar-refractivity contribution in [1.82, 2.24) is 0 Å². The van der Waals surface area contributed by atoms with Gasteiger partial charge in [-0.25, -0.2) is 8.42 Å². The second-order valence-electron chi connectivity index (χ2n) is 3.15. The number of sulfone groups is 1. The van der Waals surface area contributed by atoms with Gasteiger partial charge in [-0.1, -0.05) is 0 Å². The third-order valence-electron chi connectivity index (χ3n) is 1.55. The third-order valence-corrected chi connectivity index (χ3v) is 5.45. The summed E-state index contributed by atoms with van der Waals surface area (Å²) in [5, 5.41) is 0. The summed E-state index contributed by atoms with van der Waals surface area (Å²) in [6.45, 7) is 0. The molecule has 0 aromatic heterocycles. The van der Waals surface area contributed by atoms with Crippen LogP contribution in [0.15, 0.2) is 0 Å². The molecular weight excluding hydrogens is 203 g/mol. The van der Waals surface area contributed by atoms with Crippen LogP contribution in [0.5, 0.6) is 0 Å². The first-order valence-electron chi connectivity index (χ1n) is 3.53. The van der Waals surface area contributed by atoms with Crippen molar-refractivity contribution in [3.8, 4) is 0 Å². The molecule has 1 aliphatic carbocycles. The van der Waals surface area contributed by atoms with E-state index in [1.165, 1.54) is 0 Å². The van der Waals surface area contributed by atoms with Crippen molar-refractivity contribution in [2.75, 3.05) is 11.2 Å². The molecule has 5 nitrogen and oxygen atoms in total. The monoisotopic (exact) mass is 214 g/mol. The van der Waals surface area contributed by atoms with E-state index in [0.29, 0.717) is 0 Å². The Kier molecular flexibility index (Phi) is 2.63. The average Bonchev–Trinajstić information content (AvgIpc) is 2.39. The topological polar surface area (TPSA) is 91.7 Å². The first-order chi connectivity index (χ1) is 5.29. The van der Waals surface area contributed by atoms with Crippen molar-refractivity contribution in [3.05, 3.63) is 0 Å². The van der Waals surface area contributed by atoms with Crippen LogP contribution in [-0.4, -0.2) is 29.5 Å².